The van der Waals surface area contributed by atoms with Gasteiger partial charge in [-0.25, -0.2) is 0 Å². The van der Waals surface area contributed by atoms with Crippen LogP contribution < -0.4 is 10.1 Å². The van der Waals surface area contributed by atoms with E-state index in [0.29, 0.717) is 6.10 Å². The zero-order valence-electron chi connectivity index (χ0n) is 12.4. The van der Waals surface area contributed by atoms with E-state index in [9.17, 15) is 0 Å². The number of nitrogens with zero attached hydrogens (tertiary/aromatic N) is 1. The molecule has 0 aromatic carbocycles. The molecule has 106 valence electrons. The zero-order chi connectivity index (χ0) is 13.7. The van der Waals surface area contributed by atoms with Crippen LogP contribution in [0.1, 0.15) is 45.6 Å². The molecule has 1 fully saturated rings. The van der Waals surface area contributed by atoms with Crippen molar-refractivity contribution in [1.82, 2.24) is 10.3 Å². The summed E-state index contributed by atoms with van der Waals surface area (Å²) in [5, 5.41) is 3.35. The van der Waals surface area contributed by atoms with Crippen molar-refractivity contribution in [3.63, 3.8) is 0 Å². The highest BCUT2D eigenvalue weighted by Gasteiger charge is 2.26. The summed E-state index contributed by atoms with van der Waals surface area (Å²) in [6.45, 7) is 8.63. The minimum atomic E-state index is 0.357. The molecule has 1 heterocycles. The second-order valence-corrected chi connectivity index (χ2v) is 5.77. The highest BCUT2D eigenvalue weighted by atomic mass is 16.5. The zero-order valence-corrected chi connectivity index (χ0v) is 12.4. The lowest BCUT2D eigenvalue weighted by molar-refractivity contribution is 0.0992. The Kier molecular flexibility index (Phi) is 5.20. The van der Waals surface area contributed by atoms with Crippen LogP contribution in [0.5, 0.6) is 5.75 Å². The van der Waals surface area contributed by atoms with Crippen molar-refractivity contribution in [3.05, 3.63) is 24.0 Å². The van der Waals surface area contributed by atoms with E-state index < -0.39 is 0 Å². The van der Waals surface area contributed by atoms with Crippen LogP contribution in [0.2, 0.25) is 0 Å². The Labute approximate surface area is 116 Å². The normalized spacial score (nSPS) is 27.2. The molecule has 1 saturated carbocycles. The van der Waals surface area contributed by atoms with Gasteiger partial charge >= 0.3 is 0 Å². The SMILES string of the molecule is CCNCc1ccncc1OC1CCC(C)C(C)C1. The number of aromatic nitrogens is 1. The van der Waals surface area contributed by atoms with Crippen LogP contribution in [0, 0.1) is 11.8 Å². The third kappa shape index (κ3) is 3.93. The molecule has 1 aromatic heterocycles. The standard InChI is InChI=1S/C16H26N2O/c1-4-17-10-14-7-8-18-11-16(14)19-15-6-5-12(2)13(3)9-15/h7-8,11-13,15,17H,4-6,9-10H2,1-3H3. The lowest BCUT2D eigenvalue weighted by Gasteiger charge is -2.32. The average molecular weight is 262 g/mol. The van der Waals surface area contributed by atoms with Crippen LogP contribution in [-0.4, -0.2) is 17.6 Å². The first-order valence-electron chi connectivity index (χ1n) is 7.51. The highest BCUT2D eigenvalue weighted by molar-refractivity contribution is 5.29. The Morgan fingerprint density at radius 2 is 2.16 bits per heavy atom. The molecule has 1 aliphatic rings. The van der Waals surface area contributed by atoms with E-state index in [1.54, 1.807) is 0 Å². The van der Waals surface area contributed by atoms with E-state index in [4.69, 9.17) is 4.74 Å². The van der Waals surface area contributed by atoms with Gasteiger partial charge in [-0.2, -0.15) is 0 Å². The van der Waals surface area contributed by atoms with Gasteiger partial charge in [-0.1, -0.05) is 20.8 Å². The first kappa shape index (κ1) is 14.3. The predicted octanol–water partition coefficient (Wildman–Crippen LogP) is 3.39. The van der Waals surface area contributed by atoms with Crippen LogP contribution in [-0.2, 0) is 6.54 Å². The first-order chi connectivity index (χ1) is 9.20. The van der Waals surface area contributed by atoms with Crippen molar-refractivity contribution < 1.29 is 4.74 Å². The molecule has 3 atom stereocenters. The summed E-state index contributed by atoms with van der Waals surface area (Å²) in [6, 6.07) is 2.05. The maximum Gasteiger partial charge on any atom is 0.142 e. The summed E-state index contributed by atoms with van der Waals surface area (Å²) >= 11 is 0. The summed E-state index contributed by atoms with van der Waals surface area (Å²) in [5.41, 5.74) is 1.21. The van der Waals surface area contributed by atoms with E-state index in [1.165, 1.54) is 18.4 Å². The molecule has 3 nitrogen and oxygen atoms in total. The van der Waals surface area contributed by atoms with E-state index in [1.807, 2.05) is 18.5 Å². The fourth-order valence-electron chi connectivity index (χ4n) is 2.71. The number of rotatable bonds is 5. The predicted molar refractivity (Wildman–Crippen MR) is 78.2 cm³/mol. The molecule has 3 unspecified atom stereocenters. The van der Waals surface area contributed by atoms with Gasteiger partial charge in [-0.05, 0) is 43.7 Å². The third-order valence-corrected chi connectivity index (χ3v) is 4.28. The van der Waals surface area contributed by atoms with E-state index >= 15 is 0 Å². The summed E-state index contributed by atoms with van der Waals surface area (Å²) < 4.78 is 6.20. The largest absolute Gasteiger partial charge is 0.488 e. The Morgan fingerprint density at radius 3 is 2.89 bits per heavy atom. The molecule has 3 heteroatoms. The molecule has 0 saturated heterocycles. The second-order valence-electron chi connectivity index (χ2n) is 5.77. The topological polar surface area (TPSA) is 34.2 Å². The van der Waals surface area contributed by atoms with Crippen molar-refractivity contribution in [2.75, 3.05) is 6.54 Å². The molecule has 1 N–H and O–H groups in total. The molecular weight excluding hydrogens is 236 g/mol. The number of hydrogen-bond acceptors (Lipinski definition) is 3. The molecule has 0 spiro atoms. The van der Waals surface area contributed by atoms with Gasteiger partial charge in [0.2, 0.25) is 0 Å². The maximum atomic E-state index is 6.20. The Morgan fingerprint density at radius 1 is 1.32 bits per heavy atom. The maximum absolute atomic E-state index is 6.20. The molecule has 1 aliphatic carbocycles. The second kappa shape index (κ2) is 6.90. The van der Waals surface area contributed by atoms with Crippen molar-refractivity contribution in [2.45, 2.75) is 52.7 Å². The van der Waals surface area contributed by atoms with Gasteiger partial charge in [-0.15, -0.1) is 0 Å². The van der Waals surface area contributed by atoms with Crippen LogP contribution in [0.3, 0.4) is 0 Å². The monoisotopic (exact) mass is 262 g/mol. The Bertz CT molecular complexity index is 394. The Balaban J connectivity index is 1.98. The smallest absolute Gasteiger partial charge is 0.142 e. The fourth-order valence-corrected chi connectivity index (χ4v) is 2.71. The van der Waals surface area contributed by atoms with Crippen LogP contribution in [0.15, 0.2) is 18.5 Å². The molecule has 2 rings (SSSR count). The van der Waals surface area contributed by atoms with Crippen molar-refractivity contribution in [3.8, 4) is 5.75 Å². The number of ether oxygens (including phenoxy) is 1. The van der Waals surface area contributed by atoms with Crippen LogP contribution in [0.4, 0.5) is 0 Å². The van der Waals surface area contributed by atoms with Gasteiger partial charge in [0, 0.05) is 18.3 Å². The van der Waals surface area contributed by atoms with Crippen molar-refractivity contribution >= 4 is 0 Å². The van der Waals surface area contributed by atoms with E-state index in [-0.39, 0.29) is 0 Å². The van der Waals surface area contributed by atoms with Gasteiger partial charge in [0.15, 0.2) is 0 Å². The average Bonchev–Trinajstić information content (AvgIpc) is 2.42. The summed E-state index contributed by atoms with van der Waals surface area (Å²) in [5.74, 6) is 2.54. The summed E-state index contributed by atoms with van der Waals surface area (Å²) in [4.78, 5) is 4.20. The third-order valence-electron chi connectivity index (χ3n) is 4.28. The molecular formula is C16H26N2O. The molecule has 0 amide bonds. The molecule has 19 heavy (non-hydrogen) atoms. The summed E-state index contributed by atoms with van der Waals surface area (Å²) in [6.07, 6.45) is 7.66. The summed E-state index contributed by atoms with van der Waals surface area (Å²) in [7, 11) is 0. The van der Waals surface area contributed by atoms with Gasteiger partial charge in [0.1, 0.15) is 5.75 Å². The molecule has 0 radical (unpaired) electrons. The van der Waals surface area contributed by atoms with Crippen LogP contribution >= 0.6 is 0 Å². The first-order valence-corrected chi connectivity index (χ1v) is 7.51. The van der Waals surface area contributed by atoms with E-state index in [2.05, 4.69) is 31.1 Å². The number of hydrogen-bond donors (Lipinski definition) is 1. The molecule has 0 bridgehead atoms. The Hall–Kier alpha value is -1.09. The lowest BCUT2D eigenvalue weighted by atomic mass is 9.80. The van der Waals surface area contributed by atoms with Crippen LogP contribution in [0.25, 0.3) is 0 Å². The minimum Gasteiger partial charge on any atom is -0.488 e. The quantitative estimate of drug-likeness (QED) is 0.883. The fraction of sp³-hybridized carbons (Fsp3) is 0.688. The minimum absolute atomic E-state index is 0.357. The molecule has 1 aromatic rings. The lowest BCUT2D eigenvalue weighted by Crippen LogP contribution is -2.29. The van der Waals surface area contributed by atoms with Crippen molar-refractivity contribution in [2.24, 2.45) is 11.8 Å². The van der Waals surface area contributed by atoms with E-state index in [0.717, 1.165) is 37.1 Å². The van der Waals surface area contributed by atoms with Gasteiger partial charge < -0.3 is 10.1 Å². The van der Waals surface area contributed by atoms with Crippen molar-refractivity contribution in [1.29, 1.82) is 0 Å². The van der Waals surface area contributed by atoms with Gasteiger partial charge in [0.25, 0.3) is 0 Å². The number of pyridine rings is 1. The van der Waals surface area contributed by atoms with Gasteiger partial charge in [-0.3, -0.25) is 4.98 Å². The van der Waals surface area contributed by atoms with Gasteiger partial charge in [0.05, 0.1) is 12.3 Å². The molecule has 0 aliphatic heterocycles. The highest BCUT2D eigenvalue weighted by Crippen LogP contribution is 2.32. The number of nitrogens with one attached hydrogen (secondary N) is 1.